The molecule has 0 unspecified atom stereocenters. The maximum absolute atomic E-state index is 6.02. The van der Waals surface area contributed by atoms with Gasteiger partial charge in [-0.15, -0.1) is 0 Å². The molecule has 0 amide bonds. The third-order valence-corrected chi connectivity index (χ3v) is 3.53. The number of anilines is 1. The van der Waals surface area contributed by atoms with Crippen molar-refractivity contribution in [3.05, 3.63) is 63.7 Å². The summed E-state index contributed by atoms with van der Waals surface area (Å²) in [6.07, 6.45) is 0. The van der Waals surface area contributed by atoms with E-state index in [0.717, 1.165) is 17.3 Å². The molecule has 0 saturated heterocycles. The Labute approximate surface area is 114 Å². The SMILES string of the molecule is Cc1ccc(Cl)cc1NCc1c(C)cccc1C. The van der Waals surface area contributed by atoms with Crippen LogP contribution in [0.3, 0.4) is 0 Å². The van der Waals surface area contributed by atoms with Gasteiger partial charge >= 0.3 is 0 Å². The van der Waals surface area contributed by atoms with Crippen molar-refractivity contribution >= 4 is 17.3 Å². The normalized spacial score (nSPS) is 10.4. The third kappa shape index (κ3) is 2.85. The Morgan fingerprint density at radius 3 is 2.28 bits per heavy atom. The van der Waals surface area contributed by atoms with E-state index < -0.39 is 0 Å². The maximum Gasteiger partial charge on any atom is 0.0426 e. The van der Waals surface area contributed by atoms with E-state index in [0.29, 0.717) is 0 Å². The quantitative estimate of drug-likeness (QED) is 0.829. The first-order valence-electron chi connectivity index (χ1n) is 6.13. The molecule has 1 nitrogen and oxygen atoms in total. The van der Waals surface area contributed by atoms with Gasteiger partial charge in [-0.05, 0) is 55.2 Å². The summed E-state index contributed by atoms with van der Waals surface area (Å²) in [4.78, 5) is 0. The summed E-state index contributed by atoms with van der Waals surface area (Å²) in [7, 11) is 0. The van der Waals surface area contributed by atoms with Gasteiger partial charge in [0.1, 0.15) is 0 Å². The van der Waals surface area contributed by atoms with Gasteiger partial charge in [-0.1, -0.05) is 35.9 Å². The molecule has 0 aromatic heterocycles. The number of nitrogens with one attached hydrogen (secondary N) is 1. The Balaban J connectivity index is 2.19. The van der Waals surface area contributed by atoms with Gasteiger partial charge in [0.05, 0.1) is 0 Å². The van der Waals surface area contributed by atoms with Crippen LogP contribution in [0.5, 0.6) is 0 Å². The summed E-state index contributed by atoms with van der Waals surface area (Å²) >= 11 is 6.02. The average molecular weight is 260 g/mol. The van der Waals surface area contributed by atoms with Crippen molar-refractivity contribution in [2.24, 2.45) is 0 Å². The standard InChI is InChI=1S/C16H18ClN/c1-11-5-4-6-12(2)15(11)10-18-16-9-14(17)8-7-13(16)3/h4-9,18H,10H2,1-3H3. The van der Waals surface area contributed by atoms with E-state index in [1.807, 2.05) is 18.2 Å². The van der Waals surface area contributed by atoms with Crippen LogP contribution in [-0.4, -0.2) is 0 Å². The zero-order chi connectivity index (χ0) is 13.1. The molecule has 0 aliphatic heterocycles. The van der Waals surface area contributed by atoms with Gasteiger partial charge in [0.15, 0.2) is 0 Å². The number of aryl methyl sites for hydroxylation is 3. The van der Waals surface area contributed by atoms with Crippen LogP contribution in [0.25, 0.3) is 0 Å². The molecule has 94 valence electrons. The van der Waals surface area contributed by atoms with Gasteiger partial charge in [-0.2, -0.15) is 0 Å². The van der Waals surface area contributed by atoms with Gasteiger partial charge < -0.3 is 5.32 Å². The highest BCUT2D eigenvalue weighted by Gasteiger charge is 2.03. The topological polar surface area (TPSA) is 12.0 Å². The zero-order valence-corrected chi connectivity index (χ0v) is 11.8. The molecule has 0 heterocycles. The van der Waals surface area contributed by atoms with Crippen LogP contribution < -0.4 is 5.32 Å². The third-order valence-electron chi connectivity index (χ3n) is 3.30. The minimum absolute atomic E-state index is 0.768. The largest absolute Gasteiger partial charge is 0.381 e. The minimum Gasteiger partial charge on any atom is -0.381 e. The average Bonchev–Trinajstić information content (AvgIpc) is 2.33. The fourth-order valence-electron chi connectivity index (χ4n) is 2.10. The Morgan fingerprint density at radius 2 is 1.61 bits per heavy atom. The maximum atomic E-state index is 6.02. The lowest BCUT2D eigenvalue weighted by atomic mass is 10.0. The Bertz CT molecular complexity index is 541. The van der Waals surface area contributed by atoms with Crippen molar-refractivity contribution in [3.63, 3.8) is 0 Å². The molecule has 2 heteroatoms. The van der Waals surface area contributed by atoms with Gasteiger partial charge in [-0.25, -0.2) is 0 Å². The van der Waals surface area contributed by atoms with Crippen molar-refractivity contribution in [1.29, 1.82) is 0 Å². The van der Waals surface area contributed by atoms with Crippen LogP contribution >= 0.6 is 11.6 Å². The summed E-state index contributed by atoms with van der Waals surface area (Å²) in [5.74, 6) is 0. The summed E-state index contributed by atoms with van der Waals surface area (Å²) in [6.45, 7) is 7.22. The monoisotopic (exact) mass is 259 g/mol. The predicted molar refractivity (Wildman–Crippen MR) is 79.4 cm³/mol. The molecule has 0 bridgehead atoms. The van der Waals surface area contributed by atoms with Gasteiger partial charge in [0.2, 0.25) is 0 Å². The second-order valence-electron chi connectivity index (χ2n) is 4.68. The molecule has 0 spiro atoms. The number of hydrogen-bond donors (Lipinski definition) is 1. The van der Waals surface area contributed by atoms with E-state index in [1.165, 1.54) is 22.3 Å². The van der Waals surface area contributed by atoms with Crippen molar-refractivity contribution in [1.82, 2.24) is 0 Å². The summed E-state index contributed by atoms with van der Waals surface area (Å²) in [5.41, 5.74) is 6.32. The fraction of sp³-hybridized carbons (Fsp3) is 0.250. The molecule has 2 aromatic carbocycles. The molecule has 2 rings (SSSR count). The number of rotatable bonds is 3. The molecule has 18 heavy (non-hydrogen) atoms. The lowest BCUT2D eigenvalue weighted by Gasteiger charge is -2.13. The smallest absolute Gasteiger partial charge is 0.0426 e. The number of hydrogen-bond acceptors (Lipinski definition) is 1. The molecule has 1 N–H and O–H groups in total. The number of halogens is 1. The number of benzene rings is 2. The summed E-state index contributed by atoms with van der Waals surface area (Å²) in [5, 5.41) is 4.24. The van der Waals surface area contributed by atoms with Crippen molar-refractivity contribution in [3.8, 4) is 0 Å². The zero-order valence-electron chi connectivity index (χ0n) is 11.0. The van der Waals surface area contributed by atoms with Crippen molar-refractivity contribution in [2.75, 3.05) is 5.32 Å². The Kier molecular flexibility index (Phi) is 3.93. The van der Waals surface area contributed by atoms with Crippen molar-refractivity contribution < 1.29 is 0 Å². The molecular weight excluding hydrogens is 242 g/mol. The van der Waals surface area contributed by atoms with E-state index in [9.17, 15) is 0 Å². The lowest BCUT2D eigenvalue weighted by molar-refractivity contribution is 1.08. The molecule has 0 saturated carbocycles. The lowest BCUT2D eigenvalue weighted by Crippen LogP contribution is -2.04. The Hall–Kier alpha value is -1.47. The summed E-state index contributed by atoms with van der Waals surface area (Å²) < 4.78 is 0. The van der Waals surface area contributed by atoms with E-state index in [1.54, 1.807) is 0 Å². The first kappa shape index (κ1) is 13.0. The van der Waals surface area contributed by atoms with Gasteiger partial charge in [0.25, 0.3) is 0 Å². The molecule has 0 aliphatic rings. The highest BCUT2D eigenvalue weighted by atomic mass is 35.5. The van der Waals surface area contributed by atoms with Crippen LogP contribution in [0, 0.1) is 20.8 Å². The molecule has 0 aliphatic carbocycles. The minimum atomic E-state index is 0.768. The highest BCUT2D eigenvalue weighted by Crippen LogP contribution is 2.22. The Morgan fingerprint density at radius 1 is 0.944 bits per heavy atom. The van der Waals surface area contributed by atoms with Crippen LogP contribution in [0.2, 0.25) is 5.02 Å². The van der Waals surface area contributed by atoms with Gasteiger partial charge in [-0.3, -0.25) is 0 Å². The second-order valence-corrected chi connectivity index (χ2v) is 5.12. The van der Waals surface area contributed by atoms with E-state index in [2.05, 4.69) is 44.3 Å². The van der Waals surface area contributed by atoms with E-state index in [-0.39, 0.29) is 0 Å². The molecule has 0 radical (unpaired) electrons. The highest BCUT2D eigenvalue weighted by molar-refractivity contribution is 6.30. The molecule has 0 fully saturated rings. The summed E-state index contributed by atoms with van der Waals surface area (Å²) in [6, 6.07) is 12.3. The van der Waals surface area contributed by atoms with Crippen LogP contribution in [0.4, 0.5) is 5.69 Å². The second kappa shape index (κ2) is 5.45. The van der Waals surface area contributed by atoms with Crippen LogP contribution in [-0.2, 0) is 6.54 Å². The molecule has 0 atom stereocenters. The van der Waals surface area contributed by atoms with E-state index >= 15 is 0 Å². The molecule has 2 aromatic rings. The van der Waals surface area contributed by atoms with Crippen LogP contribution in [0.1, 0.15) is 22.3 Å². The predicted octanol–water partition coefficient (Wildman–Crippen LogP) is 4.88. The first-order valence-corrected chi connectivity index (χ1v) is 6.51. The van der Waals surface area contributed by atoms with Crippen molar-refractivity contribution in [2.45, 2.75) is 27.3 Å². The first-order chi connectivity index (χ1) is 8.58. The van der Waals surface area contributed by atoms with Gasteiger partial charge in [0, 0.05) is 17.3 Å². The molecular formula is C16H18ClN. The van der Waals surface area contributed by atoms with E-state index in [4.69, 9.17) is 11.6 Å². The van der Waals surface area contributed by atoms with Crippen LogP contribution in [0.15, 0.2) is 36.4 Å². The fourth-order valence-corrected chi connectivity index (χ4v) is 2.27.